The first-order valence-corrected chi connectivity index (χ1v) is 23.5. The average molecular weight is 1090 g/mol. The van der Waals surface area contributed by atoms with Crippen LogP contribution in [0.1, 0.15) is 18.9 Å². The van der Waals surface area contributed by atoms with Crippen LogP contribution in [0.4, 0.5) is 87.8 Å². The molecule has 1 nitrogen and oxygen atoms in total. The van der Waals surface area contributed by atoms with Crippen LogP contribution >= 0.6 is 7.26 Å². The fourth-order valence-electron chi connectivity index (χ4n) is 8.83. The van der Waals surface area contributed by atoms with Crippen molar-refractivity contribution in [3.8, 4) is 5.75 Å². The van der Waals surface area contributed by atoms with E-state index in [1.807, 2.05) is 0 Å². The van der Waals surface area contributed by atoms with Crippen LogP contribution in [0.3, 0.4) is 0 Å². The minimum Gasteiger partial charge on any atom is -0.494 e. The summed E-state index contributed by atoms with van der Waals surface area (Å²) in [5.74, 6) is -70.5. The molecule has 0 aliphatic carbocycles. The molecule has 8 aromatic rings. The summed E-state index contributed by atoms with van der Waals surface area (Å²) in [6, 6.07) is 41.8. The van der Waals surface area contributed by atoms with Crippen molar-refractivity contribution in [3.05, 3.63) is 237 Å². The number of hydrogen-bond donors (Lipinski definition) is 0. The highest BCUT2D eigenvalue weighted by Crippen LogP contribution is 2.58. The smallest absolute Gasteiger partial charge is 0.200 e. The Morgan fingerprint density at radius 3 is 0.760 bits per heavy atom. The number of rotatable bonds is 12. The van der Waals surface area contributed by atoms with Gasteiger partial charge in [0.05, 0.1) is 12.8 Å². The van der Waals surface area contributed by atoms with Gasteiger partial charge < -0.3 is 4.74 Å². The fourth-order valence-corrected chi connectivity index (χ4v) is 13.1. The predicted molar refractivity (Wildman–Crippen MR) is 240 cm³/mol. The molecule has 75 heavy (non-hydrogen) atoms. The molecule has 0 atom stereocenters. The van der Waals surface area contributed by atoms with Crippen LogP contribution in [0.2, 0.25) is 0 Å². The molecule has 0 unspecified atom stereocenters. The van der Waals surface area contributed by atoms with Crippen LogP contribution in [0.5, 0.6) is 5.75 Å². The third-order valence-corrected chi connectivity index (χ3v) is 16.5. The molecule has 0 radical (unpaired) electrons. The van der Waals surface area contributed by atoms with Gasteiger partial charge in [0.25, 0.3) is 0 Å². The van der Waals surface area contributed by atoms with Crippen molar-refractivity contribution in [2.75, 3.05) is 6.61 Å². The van der Waals surface area contributed by atoms with Crippen molar-refractivity contribution in [2.24, 2.45) is 0 Å². The SMILES string of the molecule is CCCOc1ccc(C[P+](c2ccccc2)(c2ccccc2)c2ccccc2)cc1.Fc1c(F)c(F)c([B-](c2c(F)c(F)c(F)c(F)c2F)(c2c(F)c(F)c(F)c(F)c2F)c2c(F)c(F)c(F)c(F)c2F)c(F)c1F. The van der Waals surface area contributed by atoms with E-state index in [1.54, 1.807) is 0 Å². The highest BCUT2D eigenvalue weighted by molar-refractivity contribution is 7.95. The van der Waals surface area contributed by atoms with Gasteiger partial charge in [-0.15, -0.1) is 21.9 Å². The Kier molecular flexibility index (Phi) is 16.1. The maximum absolute atomic E-state index is 15.4. The lowest BCUT2D eigenvalue weighted by molar-refractivity contribution is 0.317. The molecular formula is C52H28BF20OP. The van der Waals surface area contributed by atoms with Crippen molar-refractivity contribution >= 4 is 51.2 Å². The van der Waals surface area contributed by atoms with E-state index in [9.17, 15) is 52.7 Å². The molecule has 23 heteroatoms. The van der Waals surface area contributed by atoms with E-state index >= 15 is 35.1 Å². The van der Waals surface area contributed by atoms with Gasteiger partial charge in [-0.25, -0.2) is 87.8 Å². The third kappa shape index (κ3) is 9.24. The predicted octanol–water partition coefficient (Wildman–Crippen LogP) is 11.8. The molecule has 0 aliphatic rings. The van der Waals surface area contributed by atoms with E-state index in [2.05, 4.69) is 122 Å². The van der Waals surface area contributed by atoms with Gasteiger partial charge in [-0.1, -0.05) is 73.7 Å². The normalized spacial score (nSPS) is 11.7. The van der Waals surface area contributed by atoms with Crippen LogP contribution in [0.15, 0.2) is 115 Å². The van der Waals surface area contributed by atoms with Gasteiger partial charge in [0.1, 0.15) is 81.6 Å². The fraction of sp³-hybridized carbons (Fsp3) is 0.0769. The first-order valence-electron chi connectivity index (χ1n) is 21.5. The van der Waals surface area contributed by atoms with E-state index < -0.39 is 152 Å². The monoisotopic (exact) mass is 1090 g/mol. The Balaban J connectivity index is 0.000000236. The van der Waals surface area contributed by atoms with Gasteiger partial charge in [0.2, 0.25) is 0 Å². The minimum atomic E-state index is -7.22. The summed E-state index contributed by atoms with van der Waals surface area (Å²) in [5, 5.41) is 4.23. The lowest BCUT2D eigenvalue weighted by atomic mass is 9.12. The summed E-state index contributed by atoms with van der Waals surface area (Å²) >= 11 is 0. The maximum Gasteiger partial charge on any atom is 0.200 e. The topological polar surface area (TPSA) is 9.23 Å². The summed E-state index contributed by atoms with van der Waals surface area (Å²) in [4.78, 5) is 0. The number of halogens is 20. The van der Waals surface area contributed by atoms with Crippen LogP contribution in [0.25, 0.3) is 0 Å². The summed E-state index contributed by atoms with van der Waals surface area (Å²) in [6.07, 6.45) is -5.21. The molecule has 0 aliphatic heterocycles. The summed E-state index contributed by atoms with van der Waals surface area (Å²) in [5.41, 5.74) is -13.0. The van der Waals surface area contributed by atoms with Crippen LogP contribution in [-0.4, -0.2) is 12.8 Å². The second-order valence-corrected chi connectivity index (χ2v) is 19.8. The zero-order valence-corrected chi connectivity index (χ0v) is 38.5. The Bertz CT molecular complexity index is 2960. The van der Waals surface area contributed by atoms with Gasteiger partial charge in [0.15, 0.2) is 69.8 Å². The second kappa shape index (κ2) is 21.9. The molecule has 0 heterocycles. The van der Waals surface area contributed by atoms with Crippen molar-refractivity contribution in [2.45, 2.75) is 19.5 Å². The minimum absolute atomic E-state index is 0.758. The Morgan fingerprint density at radius 2 is 0.533 bits per heavy atom. The molecular weight excluding hydrogens is 1060 g/mol. The van der Waals surface area contributed by atoms with Gasteiger partial charge in [-0.2, -0.15) is 0 Å². The summed E-state index contributed by atoms with van der Waals surface area (Å²) in [7, 11) is -1.85. The maximum atomic E-state index is 15.4. The molecule has 0 amide bonds. The standard InChI is InChI=1S/C28H28OP.C24BF20/c1-2-22-29-25-20-18-24(19-21-25)23-30(26-12-6-3-7-13-26,27-14-8-4-9-15-27)28-16-10-5-11-17-28;26-5-1(6(27)14(35)21(42)13(5)34)25(2-7(28)15(36)22(43)16(37)8(2)29,3-9(30)17(38)23(44)18(39)10(3)31)4-11(32)19(40)24(45)20(41)12(4)33/h3-21H,2,22-23H2,1H3;/q+1;-1. The van der Waals surface area contributed by atoms with E-state index in [0.717, 1.165) is 24.9 Å². The van der Waals surface area contributed by atoms with Crippen LogP contribution in [-0.2, 0) is 6.16 Å². The van der Waals surface area contributed by atoms with Crippen LogP contribution < -0.4 is 42.5 Å². The lowest BCUT2D eigenvalue weighted by Gasteiger charge is -2.44. The number of ether oxygens (including phenoxy) is 1. The van der Waals surface area contributed by atoms with E-state index in [-0.39, 0.29) is 0 Å². The number of benzene rings is 8. The Labute approximate surface area is 411 Å². The average Bonchev–Trinajstić information content (AvgIpc) is 3.44. The first-order chi connectivity index (χ1) is 35.5. The highest BCUT2D eigenvalue weighted by Gasteiger charge is 2.52. The molecule has 0 fully saturated rings. The van der Waals surface area contributed by atoms with Gasteiger partial charge in [0, 0.05) is 0 Å². The van der Waals surface area contributed by atoms with Crippen molar-refractivity contribution in [1.29, 1.82) is 0 Å². The van der Waals surface area contributed by atoms with E-state index in [0.29, 0.717) is 0 Å². The Morgan fingerprint density at radius 1 is 0.307 bits per heavy atom. The summed E-state index contributed by atoms with van der Waals surface area (Å²) < 4.78 is 300. The molecule has 0 saturated heterocycles. The van der Waals surface area contributed by atoms with E-state index in [1.165, 1.54) is 21.5 Å². The number of hydrogen-bond acceptors (Lipinski definition) is 1. The summed E-state index contributed by atoms with van der Waals surface area (Å²) in [6.45, 7) is 2.89. The van der Waals surface area contributed by atoms with Crippen molar-refractivity contribution in [1.82, 2.24) is 0 Å². The molecule has 0 bridgehead atoms. The molecule has 8 rings (SSSR count). The van der Waals surface area contributed by atoms with Gasteiger partial charge >= 0.3 is 0 Å². The quantitative estimate of drug-likeness (QED) is 0.0390. The van der Waals surface area contributed by atoms with Crippen molar-refractivity contribution in [3.63, 3.8) is 0 Å². The van der Waals surface area contributed by atoms with Crippen molar-refractivity contribution < 1.29 is 92.5 Å². The molecule has 0 saturated carbocycles. The first kappa shape index (κ1) is 55.4. The highest BCUT2D eigenvalue weighted by atomic mass is 31.2. The largest absolute Gasteiger partial charge is 0.494 e. The van der Waals surface area contributed by atoms with E-state index in [4.69, 9.17) is 4.74 Å². The third-order valence-electron chi connectivity index (χ3n) is 12.1. The zero-order chi connectivity index (χ0) is 55.0. The van der Waals surface area contributed by atoms with Crippen LogP contribution in [0, 0.1) is 116 Å². The lowest BCUT2D eigenvalue weighted by Crippen LogP contribution is -2.81. The Hall–Kier alpha value is -7.35. The zero-order valence-electron chi connectivity index (χ0n) is 37.6. The van der Waals surface area contributed by atoms with Gasteiger partial charge in [-0.3, -0.25) is 0 Å². The molecule has 0 spiro atoms. The molecule has 8 aromatic carbocycles. The second-order valence-electron chi connectivity index (χ2n) is 16.3. The molecule has 0 aromatic heterocycles. The van der Waals surface area contributed by atoms with Gasteiger partial charge in [-0.05, 0) is 60.5 Å². The molecule has 0 N–H and O–H groups in total. The molecule has 390 valence electrons.